The molecule has 0 saturated carbocycles. The molecule has 0 aliphatic carbocycles. The predicted octanol–water partition coefficient (Wildman–Crippen LogP) is 8.18. The fraction of sp³-hybridized carbons (Fsp3) is 0.464. The lowest BCUT2D eigenvalue weighted by molar-refractivity contribution is 0.363. The zero-order valence-corrected chi connectivity index (χ0v) is 20.0. The summed E-state index contributed by atoms with van der Waals surface area (Å²) in [6.07, 6.45) is 4.08. The van der Waals surface area contributed by atoms with Crippen molar-refractivity contribution in [3.8, 4) is 17.1 Å². The first-order chi connectivity index (χ1) is 14.2. The van der Waals surface area contributed by atoms with Crippen molar-refractivity contribution in [3.05, 3.63) is 71.5 Å². The molecular weight excluding hydrogens is 364 g/mol. The lowest BCUT2D eigenvalue weighted by Gasteiger charge is -2.27. The largest absolute Gasteiger partial charge is 0.299 e. The number of para-hydroxylation sites is 1. The molecule has 0 aliphatic rings. The van der Waals surface area contributed by atoms with Crippen LogP contribution >= 0.6 is 0 Å². The Bertz CT molecular complexity index is 952. The summed E-state index contributed by atoms with van der Waals surface area (Å²) in [7, 11) is 0. The molecule has 2 atom stereocenters. The molecule has 2 nitrogen and oxygen atoms in total. The Morgan fingerprint density at radius 1 is 0.700 bits per heavy atom. The number of nitrogens with zero attached hydrogens (tertiary/aromatic N) is 2. The highest BCUT2D eigenvalue weighted by atomic mass is 15.1. The third kappa shape index (κ3) is 4.24. The number of rotatable bonds is 7. The summed E-state index contributed by atoms with van der Waals surface area (Å²) in [5.41, 5.74) is 6.69. The zero-order chi connectivity index (χ0) is 22.0. The van der Waals surface area contributed by atoms with Crippen LogP contribution in [-0.2, 0) is 0 Å². The van der Waals surface area contributed by atoms with E-state index in [4.69, 9.17) is 4.98 Å². The van der Waals surface area contributed by atoms with E-state index in [0.717, 1.165) is 5.82 Å². The molecule has 3 rings (SSSR count). The number of hydrogen-bond acceptors (Lipinski definition) is 1. The van der Waals surface area contributed by atoms with E-state index in [9.17, 15) is 0 Å². The van der Waals surface area contributed by atoms with Crippen molar-refractivity contribution in [1.82, 2.24) is 9.55 Å². The Kier molecular flexibility index (Phi) is 6.85. The molecule has 0 aliphatic heterocycles. The van der Waals surface area contributed by atoms with Gasteiger partial charge in [0.05, 0.1) is 5.69 Å². The van der Waals surface area contributed by atoms with Crippen LogP contribution in [0.25, 0.3) is 17.1 Å². The molecule has 30 heavy (non-hydrogen) atoms. The van der Waals surface area contributed by atoms with E-state index in [0.29, 0.717) is 29.6 Å². The van der Waals surface area contributed by atoms with E-state index >= 15 is 0 Å². The van der Waals surface area contributed by atoms with E-state index < -0.39 is 0 Å². The van der Waals surface area contributed by atoms with Gasteiger partial charge in [-0.05, 0) is 46.3 Å². The molecule has 1 aromatic heterocycles. The van der Waals surface area contributed by atoms with E-state index in [2.05, 4.69) is 109 Å². The molecule has 1 heterocycles. The van der Waals surface area contributed by atoms with Crippen molar-refractivity contribution in [2.45, 2.75) is 73.1 Å². The first kappa shape index (κ1) is 22.3. The van der Waals surface area contributed by atoms with E-state index in [-0.39, 0.29) is 0 Å². The Morgan fingerprint density at radius 3 is 1.83 bits per heavy atom. The van der Waals surface area contributed by atoms with Crippen LogP contribution in [0.3, 0.4) is 0 Å². The summed E-state index contributed by atoms with van der Waals surface area (Å²) in [6.45, 7) is 18.5. The number of aromatic nitrogens is 2. The van der Waals surface area contributed by atoms with Crippen molar-refractivity contribution in [2.75, 3.05) is 0 Å². The van der Waals surface area contributed by atoms with Crippen LogP contribution in [0.5, 0.6) is 0 Å². The maximum absolute atomic E-state index is 4.87. The normalized spacial score (nSPS) is 14.0. The number of benzene rings is 2. The van der Waals surface area contributed by atoms with Crippen molar-refractivity contribution in [2.24, 2.45) is 11.8 Å². The first-order valence-electron chi connectivity index (χ1n) is 11.5. The second-order valence-electron chi connectivity index (χ2n) is 9.69. The van der Waals surface area contributed by atoms with Gasteiger partial charge in [0.25, 0.3) is 0 Å². The van der Waals surface area contributed by atoms with Crippen LogP contribution in [-0.4, -0.2) is 9.55 Å². The molecule has 0 saturated heterocycles. The fourth-order valence-corrected chi connectivity index (χ4v) is 4.43. The van der Waals surface area contributed by atoms with E-state index in [1.165, 1.54) is 27.9 Å². The van der Waals surface area contributed by atoms with Gasteiger partial charge in [-0.1, -0.05) is 97.9 Å². The van der Waals surface area contributed by atoms with Gasteiger partial charge < -0.3 is 0 Å². The van der Waals surface area contributed by atoms with Gasteiger partial charge in [0.1, 0.15) is 5.82 Å². The average molecular weight is 403 g/mol. The summed E-state index contributed by atoms with van der Waals surface area (Å²) < 4.78 is 2.33. The van der Waals surface area contributed by atoms with Crippen molar-refractivity contribution in [1.29, 1.82) is 0 Å². The van der Waals surface area contributed by atoms with Gasteiger partial charge >= 0.3 is 0 Å². The molecule has 2 heteroatoms. The molecular formula is C28H38N2. The average Bonchev–Trinajstić information content (AvgIpc) is 3.21. The summed E-state index contributed by atoms with van der Waals surface area (Å²) in [4.78, 5) is 4.87. The SMILES string of the molecule is CC(C)c1cccc(C(C)C)c1-n1ccnc1-c1ccccc1C(C)[C@@H](C)C(C)C. The molecule has 0 bridgehead atoms. The van der Waals surface area contributed by atoms with Crippen molar-refractivity contribution >= 4 is 0 Å². The van der Waals surface area contributed by atoms with Crippen molar-refractivity contribution in [3.63, 3.8) is 0 Å². The molecule has 160 valence electrons. The van der Waals surface area contributed by atoms with Crippen molar-refractivity contribution < 1.29 is 0 Å². The fourth-order valence-electron chi connectivity index (χ4n) is 4.43. The zero-order valence-electron chi connectivity index (χ0n) is 20.0. The molecule has 0 radical (unpaired) electrons. The third-order valence-corrected chi connectivity index (χ3v) is 6.76. The summed E-state index contributed by atoms with van der Waals surface area (Å²) in [5, 5.41) is 0. The van der Waals surface area contributed by atoms with E-state index in [1.54, 1.807) is 0 Å². The minimum atomic E-state index is 0.448. The van der Waals surface area contributed by atoms with Crippen LogP contribution in [0, 0.1) is 11.8 Å². The molecule has 3 aromatic rings. The predicted molar refractivity (Wildman–Crippen MR) is 130 cm³/mol. The molecule has 0 N–H and O–H groups in total. The third-order valence-electron chi connectivity index (χ3n) is 6.76. The van der Waals surface area contributed by atoms with Gasteiger partial charge in [-0.2, -0.15) is 0 Å². The molecule has 2 aromatic carbocycles. The Balaban J connectivity index is 2.23. The van der Waals surface area contributed by atoms with Crippen LogP contribution in [0.4, 0.5) is 0 Å². The maximum Gasteiger partial charge on any atom is 0.144 e. The first-order valence-corrected chi connectivity index (χ1v) is 11.5. The molecule has 0 fully saturated rings. The summed E-state index contributed by atoms with van der Waals surface area (Å²) in [5.74, 6) is 3.65. The smallest absolute Gasteiger partial charge is 0.144 e. The second kappa shape index (κ2) is 9.20. The van der Waals surface area contributed by atoms with Gasteiger partial charge in [0, 0.05) is 18.0 Å². The Labute approximate surface area is 183 Å². The quantitative estimate of drug-likeness (QED) is 0.389. The van der Waals surface area contributed by atoms with E-state index in [1.807, 2.05) is 6.20 Å². The minimum absolute atomic E-state index is 0.448. The topological polar surface area (TPSA) is 17.8 Å². The lowest BCUT2D eigenvalue weighted by atomic mass is 9.80. The summed E-state index contributed by atoms with van der Waals surface area (Å²) >= 11 is 0. The molecule has 0 spiro atoms. The highest BCUT2D eigenvalue weighted by Gasteiger charge is 2.24. The highest BCUT2D eigenvalue weighted by molar-refractivity contribution is 5.66. The second-order valence-corrected chi connectivity index (χ2v) is 9.69. The van der Waals surface area contributed by atoms with Crippen LogP contribution in [0.1, 0.15) is 89.8 Å². The standard InChI is InChI=1S/C28H38N2/c1-18(2)21(7)22(8)25-12-9-10-13-26(25)28-29-16-17-30(28)27-23(19(3)4)14-11-15-24(27)20(5)6/h9-22H,1-8H3/t21-,22?/m0/s1. The van der Waals surface area contributed by atoms with Gasteiger partial charge in [-0.25, -0.2) is 4.98 Å². The van der Waals surface area contributed by atoms with Crippen LogP contribution in [0.15, 0.2) is 54.9 Å². The monoisotopic (exact) mass is 402 g/mol. The summed E-state index contributed by atoms with van der Waals surface area (Å²) in [6, 6.07) is 15.6. The maximum atomic E-state index is 4.87. The minimum Gasteiger partial charge on any atom is -0.299 e. The lowest BCUT2D eigenvalue weighted by Crippen LogP contribution is -2.14. The van der Waals surface area contributed by atoms with Crippen LogP contribution in [0.2, 0.25) is 0 Å². The number of hydrogen-bond donors (Lipinski definition) is 0. The molecule has 0 amide bonds. The van der Waals surface area contributed by atoms with Gasteiger partial charge in [-0.3, -0.25) is 4.57 Å². The van der Waals surface area contributed by atoms with Gasteiger partial charge in [-0.15, -0.1) is 0 Å². The van der Waals surface area contributed by atoms with Gasteiger partial charge in [0.2, 0.25) is 0 Å². The van der Waals surface area contributed by atoms with Crippen LogP contribution < -0.4 is 0 Å². The van der Waals surface area contributed by atoms with Gasteiger partial charge in [0.15, 0.2) is 0 Å². The molecule has 1 unspecified atom stereocenters. The number of imidazole rings is 1. The Hall–Kier alpha value is -2.35. The Morgan fingerprint density at radius 2 is 1.27 bits per heavy atom. The highest BCUT2D eigenvalue weighted by Crippen LogP contribution is 2.38.